The topological polar surface area (TPSA) is 20.2 Å². The number of rotatable bonds is 5. The Hall–Kier alpha value is 0.660. The third-order valence-corrected chi connectivity index (χ3v) is 15.3. The minimum absolute atomic E-state index is 0.0419. The van der Waals surface area contributed by atoms with Gasteiger partial charge in [0, 0.05) is 11.5 Å². The Kier molecular flexibility index (Phi) is 6.81. The molecule has 0 radical (unpaired) electrons. The lowest BCUT2D eigenvalue weighted by Crippen LogP contribution is -2.60. The summed E-state index contributed by atoms with van der Waals surface area (Å²) in [6.07, 6.45) is 15.1. The van der Waals surface area contributed by atoms with Crippen LogP contribution in [0.25, 0.3) is 0 Å². The van der Waals surface area contributed by atoms with Crippen molar-refractivity contribution in [1.82, 2.24) is 0 Å². The highest BCUT2D eigenvalue weighted by Gasteiger charge is 2.66. The van der Waals surface area contributed by atoms with Gasteiger partial charge in [0.25, 0.3) is 0 Å². The molecule has 5 aliphatic rings. The van der Waals surface area contributed by atoms with Gasteiger partial charge in [0.2, 0.25) is 0 Å². The fourth-order valence-electron chi connectivity index (χ4n) is 10.1. The SMILES string of the molecule is CC(C)CCCC(C)C1CCC2C3CC4(SCCS4)C4CC(O)CC[C@]4(C)C3CC[C@]12C. The van der Waals surface area contributed by atoms with Gasteiger partial charge in [-0.15, -0.1) is 23.5 Å². The molecule has 1 spiro atoms. The van der Waals surface area contributed by atoms with Crippen LogP contribution in [0.4, 0.5) is 0 Å². The van der Waals surface area contributed by atoms with E-state index in [-0.39, 0.29) is 6.10 Å². The molecule has 3 heteroatoms. The molecule has 0 bridgehead atoms. The minimum atomic E-state index is -0.0419. The maximum absolute atomic E-state index is 10.7. The Morgan fingerprint density at radius 2 is 1.56 bits per heavy atom. The Morgan fingerprint density at radius 3 is 2.28 bits per heavy atom. The van der Waals surface area contributed by atoms with E-state index < -0.39 is 0 Å². The molecule has 1 N–H and O–H groups in total. The zero-order chi connectivity index (χ0) is 22.7. The average Bonchev–Trinajstić information content (AvgIpc) is 3.34. The van der Waals surface area contributed by atoms with Crippen LogP contribution in [-0.4, -0.2) is 26.8 Å². The van der Waals surface area contributed by atoms with Crippen molar-refractivity contribution in [3.8, 4) is 0 Å². The molecule has 0 aromatic rings. The van der Waals surface area contributed by atoms with Crippen LogP contribution < -0.4 is 0 Å². The van der Waals surface area contributed by atoms with E-state index in [0.717, 1.165) is 54.3 Å². The third-order valence-electron chi connectivity index (χ3n) is 11.6. The summed E-state index contributed by atoms with van der Waals surface area (Å²) in [5, 5.41) is 10.7. The summed E-state index contributed by atoms with van der Waals surface area (Å²) in [6.45, 7) is 12.8. The molecule has 32 heavy (non-hydrogen) atoms. The molecule has 5 fully saturated rings. The normalized spacial score (nSPS) is 48.5. The van der Waals surface area contributed by atoms with Crippen molar-refractivity contribution in [2.45, 2.75) is 115 Å². The molecule has 7 unspecified atom stereocenters. The van der Waals surface area contributed by atoms with Crippen molar-refractivity contribution in [3.05, 3.63) is 0 Å². The van der Waals surface area contributed by atoms with Gasteiger partial charge in [-0.25, -0.2) is 0 Å². The first-order chi connectivity index (χ1) is 15.2. The largest absolute Gasteiger partial charge is 0.393 e. The molecular weight excluding hydrogens is 428 g/mol. The molecule has 0 amide bonds. The van der Waals surface area contributed by atoms with E-state index in [2.05, 4.69) is 58.1 Å². The van der Waals surface area contributed by atoms with E-state index in [1.807, 2.05) is 0 Å². The van der Waals surface area contributed by atoms with Gasteiger partial charge < -0.3 is 5.11 Å². The average molecular weight is 479 g/mol. The fraction of sp³-hybridized carbons (Fsp3) is 1.00. The van der Waals surface area contributed by atoms with Crippen LogP contribution in [0.1, 0.15) is 105 Å². The van der Waals surface area contributed by atoms with Crippen molar-refractivity contribution in [2.24, 2.45) is 52.3 Å². The summed E-state index contributed by atoms with van der Waals surface area (Å²) in [6, 6.07) is 0. The molecule has 0 aromatic heterocycles. The highest BCUT2D eigenvalue weighted by molar-refractivity contribution is 8.21. The first-order valence-electron chi connectivity index (χ1n) is 14.2. The molecule has 4 aliphatic carbocycles. The van der Waals surface area contributed by atoms with Gasteiger partial charge in [-0.2, -0.15) is 0 Å². The smallest absolute Gasteiger partial charge is 0.0648 e. The van der Waals surface area contributed by atoms with Crippen molar-refractivity contribution in [2.75, 3.05) is 11.5 Å². The maximum Gasteiger partial charge on any atom is 0.0648 e. The van der Waals surface area contributed by atoms with Crippen LogP contribution in [0.3, 0.4) is 0 Å². The molecule has 9 atom stereocenters. The predicted molar refractivity (Wildman–Crippen MR) is 142 cm³/mol. The lowest BCUT2D eigenvalue weighted by molar-refractivity contribution is -0.130. The van der Waals surface area contributed by atoms with Crippen molar-refractivity contribution >= 4 is 23.5 Å². The van der Waals surface area contributed by atoms with Crippen LogP contribution in [0.5, 0.6) is 0 Å². The third kappa shape index (κ3) is 3.85. The maximum atomic E-state index is 10.7. The molecule has 1 saturated heterocycles. The van der Waals surface area contributed by atoms with Gasteiger partial charge in [0.05, 0.1) is 10.2 Å². The van der Waals surface area contributed by atoms with Gasteiger partial charge in [-0.05, 0) is 104 Å². The van der Waals surface area contributed by atoms with Crippen molar-refractivity contribution in [3.63, 3.8) is 0 Å². The molecular formula is C29H50OS2. The van der Waals surface area contributed by atoms with E-state index in [4.69, 9.17) is 0 Å². The molecule has 1 aliphatic heterocycles. The Morgan fingerprint density at radius 1 is 0.875 bits per heavy atom. The van der Waals surface area contributed by atoms with Gasteiger partial charge in [0.1, 0.15) is 0 Å². The number of hydrogen-bond acceptors (Lipinski definition) is 3. The van der Waals surface area contributed by atoms with Crippen molar-refractivity contribution in [1.29, 1.82) is 0 Å². The molecule has 5 rings (SSSR count). The molecule has 4 saturated carbocycles. The van der Waals surface area contributed by atoms with E-state index in [0.29, 0.717) is 14.9 Å². The van der Waals surface area contributed by atoms with Crippen molar-refractivity contribution < 1.29 is 5.11 Å². The second-order valence-corrected chi connectivity index (χ2v) is 16.7. The summed E-state index contributed by atoms with van der Waals surface area (Å²) in [7, 11) is 0. The van der Waals surface area contributed by atoms with Crippen LogP contribution in [0.15, 0.2) is 0 Å². The predicted octanol–water partition coefficient (Wildman–Crippen LogP) is 8.25. The Bertz CT molecular complexity index is 672. The summed E-state index contributed by atoms with van der Waals surface area (Å²) in [5.41, 5.74) is 1.06. The highest BCUT2D eigenvalue weighted by atomic mass is 32.2. The number of thioether (sulfide) groups is 2. The second kappa shape index (κ2) is 8.95. The standard InChI is InChI=1S/C29H50OS2/c1-19(2)7-6-8-20(3)23-9-10-24-22-18-29(31-15-16-32-29)26-17-21(30)11-13-28(26,5)25(22)12-14-27(23,24)4/h19-26,30H,6-18H2,1-5H3/t20?,21?,22?,23?,24?,25?,26?,27-,28-/m1/s1. The van der Waals surface area contributed by atoms with E-state index in [1.54, 1.807) is 0 Å². The van der Waals surface area contributed by atoms with Gasteiger partial charge >= 0.3 is 0 Å². The highest BCUT2D eigenvalue weighted by Crippen LogP contribution is 2.74. The lowest BCUT2D eigenvalue weighted by Gasteiger charge is -2.65. The van der Waals surface area contributed by atoms with Gasteiger partial charge in [0.15, 0.2) is 0 Å². The summed E-state index contributed by atoms with van der Waals surface area (Å²) in [4.78, 5) is 0. The molecule has 184 valence electrons. The number of fused-ring (bicyclic) bond motifs is 6. The molecule has 0 aromatic carbocycles. The molecule has 1 nitrogen and oxygen atoms in total. The lowest BCUT2D eigenvalue weighted by atomic mass is 9.44. The Labute approximate surface area is 207 Å². The summed E-state index contributed by atoms with van der Waals surface area (Å²) >= 11 is 4.63. The van der Waals surface area contributed by atoms with E-state index in [9.17, 15) is 5.11 Å². The molecule has 1 heterocycles. The first kappa shape index (κ1) is 24.4. The Balaban J connectivity index is 1.39. The number of aliphatic hydroxyl groups excluding tert-OH is 1. The minimum Gasteiger partial charge on any atom is -0.393 e. The summed E-state index contributed by atoms with van der Waals surface area (Å²) in [5.74, 6) is 8.94. The van der Waals surface area contributed by atoms with Crippen LogP contribution in [0, 0.1) is 52.3 Å². The zero-order valence-electron chi connectivity index (χ0n) is 21.6. The second-order valence-electron chi connectivity index (χ2n) is 13.6. The monoisotopic (exact) mass is 478 g/mol. The van der Waals surface area contributed by atoms with E-state index in [1.165, 1.54) is 69.3 Å². The first-order valence-corrected chi connectivity index (χ1v) is 16.1. The fourth-order valence-corrected chi connectivity index (χ4v) is 14.1. The van der Waals surface area contributed by atoms with Crippen LogP contribution in [-0.2, 0) is 0 Å². The van der Waals surface area contributed by atoms with Gasteiger partial charge in [-0.1, -0.05) is 53.9 Å². The number of hydrogen-bond donors (Lipinski definition) is 1. The van der Waals surface area contributed by atoms with E-state index >= 15 is 0 Å². The quantitative estimate of drug-likeness (QED) is 0.429. The number of aliphatic hydroxyl groups is 1. The van der Waals surface area contributed by atoms with Crippen LogP contribution in [0.2, 0.25) is 0 Å². The van der Waals surface area contributed by atoms with Gasteiger partial charge in [-0.3, -0.25) is 0 Å². The van der Waals surface area contributed by atoms with Crippen LogP contribution >= 0.6 is 23.5 Å². The summed E-state index contributed by atoms with van der Waals surface area (Å²) < 4.78 is 0.413. The zero-order valence-corrected chi connectivity index (χ0v) is 23.2.